The van der Waals surface area contributed by atoms with Crippen molar-refractivity contribution in [2.45, 2.75) is 26.8 Å². The molecule has 1 atom stereocenters. The Kier molecular flexibility index (Phi) is 4.78. The monoisotopic (exact) mass is 314 g/mol. The Morgan fingerprint density at radius 2 is 2.04 bits per heavy atom. The van der Waals surface area contributed by atoms with Gasteiger partial charge in [-0.1, -0.05) is 11.2 Å². The van der Waals surface area contributed by atoms with Crippen LogP contribution in [0.2, 0.25) is 0 Å². The lowest BCUT2D eigenvalue weighted by atomic mass is 9.91. The van der Waals surface area contributed by atoms with Crippen LogP contribution >= 0.6 is 0 Å². The SMILES string of the molecule is CN=C(NC(C)C)C(C(C)=N)C(=N)c1ccc2c(N)noc2c1. The van der Waals surface area contributed by atoms with Crippen molar-refractivity contribution in [1.82, 2.24) is 10.5 Å². The van der Waals surface area contributed by atoms with Gasteiger partial charge in [-0.25, -0.2) is 0 Å². The first-order valence-corrected chi connectivity index (χ1v) is 7.37. The lowest BCUT2D eigenvalue weighted by molar-refractivity contribution is 0.460. The number of amidine groups is 1. The second-order valence-electron chi connectivity index (χ2n) is 5.72. The van der Waals surface area contributed by atoms with Crippen LogP contribution in [0.5, 0.6) is 0 Å². The molecule has 0 saturated heterocycles. The molecule has 0 spiro atoms. The molecular weight excluding hydrogens is 292 g/mol. The minimum absolute atomic E-state index is 0.167. The van der Waals surface area contributed by atoms with Gasteiger partial charge in [0.15, 0.2) is 11.4 Å². The number of nitrogens with two attached hydrogens (primary N) is 1. The van der Waals surface area contributed by atoms with Crippen LogP contribution in [-0.4, -0.2) is 35.5 Å². The van der Waals surface area contributed by atoms with Gasteiger partial charge in [0.1, 0.15) is 5.84 Å². The molecule has 1 aromatic carbocycles. The van der Waals surface area contributed by atoms with Crippen molar-refractivity contribution in [1.29, 1.82) is 10.8 Å². The highest BCUT2D eigenvalue weighted by atomic mass is 16.5. The fourth-order valence-corrected chi connectivity index (χ4v) is 2.42. The summed E-state index contributed by atoms with van der Waals surface area (Å²) in [6.45, 7) is 5.67. The van der Waals surface area contributed by atoms with Gasteiger partial charge >= 0.3 is 0 Å². The second-order valence-corrected chi connectivity index (χ2v) is 5.72. The molecule has 1 aromatic heterocycles. The molecular formula is C16H22N6O. The average Bonchev–Trinajstić information content (AvgIpc) is 2.86. The van der Waals surface area contributed by atoms with E-state index in [2.05, 4.69) is 15.5 Å². The molecule has 7 heteroatoms. The minimum Gasteiger partial charge on any atom is -0.380 e. The number of nitrogens with one attached hydrogen (secondary N) is 3. The predicted molar refractivity (Wildman–Crippen MR) is 93.8 cm³/mol. The van der Waals surface area contributed by atoms with E-state index in [1.165, 1.54) is 0 Å². The van der Waals surface area contributed by atoms with Crippen LogP contribution in [0.15, 0.2) is 27.7 Å². The lowest BCUT2D eigenvalue weighted by Crippen LogP contribution is -2.42. The van der Waals surface area contributed by atoms with Gasteiger partial charge in [0.05, 0.1) is 17.0 Å². The van der Waals surface area contributed by atoms with Crippen LogP contribution in [0.4, 0.5) is 5.82 Å². The molecule has 0 amide bonds. The summed E-state index contributed by atoms with van der Waals surface area (Å²) in [5.74, 6) is 0.407. The van der Waals surface area contributed by atoms with Gasteiger partial charge in [-0.2, -0.15) is 0 Å². The smallest absolute Gasteiger partial charge is 0.174 e. The number of benzene rings is 1. The molecule has 0 bridgehead atoms. The number of anilines is 1. The Balaban J connectivity index is 2.41. The summed E-state index contributed by atoms with van der Waals surface area (Å²) in [5, 5.41) is 24.2. The number of fused-ring (bicyclic) bond motifs is 1. The van der Waals surface area contributed by atoms with Gasteiger partial charge in [-0.3, -0.25) is 4.99 Å². The molecule has 0 radical (unpaired) electrons. The first kappa shape index (κ1) is 16.7. The Bertz CT molecular complexity index is 774. The van der Waals surface area contributed by atoms with E-state index in [4.69, 9.17) is 21.1 Å². The van der Waals surface area contributed by atoms with E-state index in [9.17, 15) is 0 Å². The summed E-state index contributed by atoms with van der Waals surface area (Å²) in [6.07, 6.45) is 0. The van der Waals surface area contributed by atoms with Crippen molar-refractivity contribution >= 4 is 34.0 Å². The fourth-order valence-electron chi connectivity index (χ4n) is 2.42. The van der Waals surface area contributed by atoms with E-state index in [0.29, 0.717) is 28.5 Å². The average molecular weight is 314 g/mol. The number of nitrogen functional groups attached to an aromatic ring is 1. The largest absolute Gasteiger partial charge is 0.380 e. The zero-order chi connectivity index (χ0) is 17.1. The van der Waals surface area contributed by atoms with Gasteiger partial charge in [0, 0.05) is 24.4 Å². The topological polar surface area (TPSA) is 124 Å². The summed E-state index contributed by atoms with van der Waals surface area (Å²) >= 11 is 0. The lowest BCUT2D eigenvalue weighted by Gasteiger charge is -2.22. The van der Waals surface area contributed by atoms with E-state index >= 15 is 0 Å². The van der Waals surface area contributed by atoms with Crippen LogP contribution in [0.3, 0.4) is 0 Å². The Labute approximate surface area is 135 Å². The fraction of sp³-hybridized carbons (Fsp3) is 0.375. The molecule has 0 aliphatic rings. The van der Waals surface area contributed by atoms with Crippen molar-refractivity contribution < 1.29 is 4.52 Å². The van der Waals surface area contributed by atoms with E-state index in [0.717, 1.165) is 5.39 Å². The third-order valence-corrected chi connectivity index (χ3v) is 3.48. The van der Waals surface area contributed by atoms with E-state index in [1.807, 2.05) is 13.8 Å². The predicted octanol–water partition coefficient (Wildman–Crippen LogP) is 2.46. The van der Waals surface area contributed by atoms with Crippen LogP contribution in [-0.2, 0) is 0 Å². The van der Waals surface area contributed by atoms with E-state index in [-0.39, 0.29) is 11.8 Å². The summed E-state index contributed by atoms with van der Waals surface area (Å²) in [4.78, 5) is 4.23. The van der Waals surface area contributed by atoms with Crippen LogP contribution < -0.4 is 11.1 Å². The highest BCUT2D eigenvalue weighted by molar-refractivity contribution is 6.26. The molecule has 0 fully saturated rings. The molecule has 7 nitrogen and oxygen atoms in total. The molecule has 2 rings (SSSR count). The van der Waals surface area contributed by atoms with Crippen molar-refractivity contribution in [3.05, 3.63) is 23.8 Å². The molecule has 122 valence electrons. The third kappa shape index (κ3) is 3.39. The number of hydrogen-bond acceptors (Lipinski definition) is 6. The molecule has 2 aromatic rings. The summed E-state index contributed by atoms with van der Waals surface area (Å²) in [6, 6.07) is 5.45. The molecule has 0 saturated carbocycles. The van der Waals surface area contributed by atoms with E-state index < -0.39 is 5.92 Å². The molecule has 1 heterocycles. The zero-order valence-corrected chi connectivity index (χ0v) is 13.8. The van der Waals surface area contributed by atoms with Gasteiger partial charge in [0.25, 0.3) is 0 Å². The highest BCUT2D eigenvalue weighted by Gasteiger charge is 2.25. The van der Waals surface area contributed by atoms with Crippen molar-refractivity contribution in [3.8, 4) is 0 Å². The van der Waals surface area contributed by atoms with Gasteiger partial charge in [-0.15, -0.1) is 0 Å². The summed E-state index contributed by atoms with van der Waals surface area (Å²) in [5.41, 5.74) is 7.52. The van der Waals surface area contributed by atoms with Gasteiger partial charge < -0.3 is 26.4 Å². The minimum atomic E-state index is -0.528. The van der Waals surface area contributed by atoms with Crippen molar-refractivity contribution in [3.63, 3.8) is 0 Å². The molecule has 0 aliphatic heterocycles. The number of nitrogens with zero attached hydrogens (tertiary/aromatic N) is 2. The summed E-state index contributed by atoms with van der Waals surface area (Å²) in [7, 11) is 1.66. The van der Waals surface area contributed by atoms with Crippen molar-refractivity contribution in [2.75, 3.05) is 12.8 Å². The standard InChI is InChI=1S/C16H22N6O/c1-8(2)21-16(20-4)13(9(3)17)14(18)10-5-6-11-12(7-10)23-22-15(11)19/h5-8,13,17-18H,1-4H3,(H2,19,22)(H,20,21). The number of hydrogen-bond donors (Lipinski definition) is 4. The third-order valence-electron chi connectivity index (χ3n) is 3.48. The second kappa shape index (κ2) is 6.60. The van der Waals surface area contributed by atoms with Gasteiger partial charge in [0.2, 0.25) is 0 Å². The van der Waals surface area contributed by atoms with Crippen LogP contribution in [0.25, 0.3) is 11.0 Å². The normalized spacial score (nSPS) is 13.3. The van der Waals surface area contributed by atoms with Crippen LogP contribution in [0.1, 0.15) is 26.3 Å². The maximum atomic E-state index is 8.52. The highest BCUT2D eigenvalue weighted by Crippen LogP contribution is 2.23. The first-order valence-electron chi connectivity index (χ1n) is 7.37. The number of aliphatic imine (C=N–C) groups is 1. The summed E-state index contributed by atoms with van der Waals surface area (Å²) < 4.78 is 5.16. The van der Waals surface area contributed by atoms with Gasteiger partial charge in [-0.05, 0) is 32.9 Å². The maximum Gasteiger partial charge on any atom is 0.174 e. The molecule has 0 aliphatic carbocycles. The molecule has 5 N–H and O–H groups in total. The first-order chi connectivity index (χ1) is 10.8. The molecule has 1 unspecified atom stereocenters. The Morgan fingerprint density at radius 1 is 1.35 bits per heavy atom. The Morgan fingerprint density at radius 3 is 2.61 bits per heavy atom. The number of aromatic nitrogens is 1. The quantitative estimate of drug-likeness (QED) is 0.499. The molecule has 23 heavy (non-hydrogen) atoms. The maximum absolute atomic E-state index is 8.52. The Hall–Kier alpha value is -2.70. The van der Waals surface area contributed by atoms with Crippen LogP contribution in [0, 0.1) is 16.7 Å². The van der Waals surface area contributed by atoms with Crippen molar-refractivity contribution in [2.24, 2.45) is 10.9 Å². The van der Waals surface area contributed by atoms with E-state index in [1.54, 1.807) is 32.2 Å². The number of rotatable bonds is 5. The zero-order valence-electron chi connectivity index (χ0n) is 13.8.